The van der Waals surface area contributed by atoms with Gasteiger partial charge in [0.2, 0.25) is 0 Å². The first-order valence-corrected chi connectivity index (χ1v) is 8.03. The van der Waals surface area contributed by atoms with E-state index in [4.69, 9.17) is 4.74 Å². The molecule has 0 N–H and O–H groups in total. The Kier molecular flexibility index (Phi) is 4.58. The third kappa shape index (κ3) is 3.85. The van der Waals surface area contributed by atoms with Crippen molar-refractivity contribution in [3.05, 3.63) is 28.2 Å². The maximum absolute atomic E-state index is 11.8. The van der Waals surface area contributed by atoms with Crippen LogP contribution in [-0.2, 0) is 0 Å². The number of halogens is 1. The molecule has 0 heterocycles. The Morgan fingerprint density at radius 1 is 1.35 bits per heavy atom. The Morgan fingerprint density at radius 3 is 2.65 bits per heavy atom. The summed E-state index contributed by atoms with van der Waals surface area (Å²) in [4.78, 5) is 11.8. The first-order chi connectivity index (χ1) is 9.27. The second-order valence-corrected chi connectivity index (χ2v) is 7.77. The fraction of sp³-hybridized carbons (Fsp3) is 0.588. The molecule has 1 saturated carbocycles. The van der Waals surface area contributed by atoms with Crippen LogP contribution in [0.1, 0.15) is 57.3 Å². The fourth-order valence-corrected chi connectivity index (χ4v) is 3.77. The number of Topliss-reactive ketones (excluding diaryl/α,β-unsaturated/α-hetero) is 1. The minimum atomic E-state index is 0.0458. The van der Waals surface area contributed by atoms with Crippen molar-refractivity contribution in [2.24, 2.45) is 11.3 Å². The molecule has 0 amide bonds. The van der Waals surface area contributed by atoms with Crippen molar-refractivity contribution in [1.29, 1.82) is 0 Å². The van der Waals surface area contributed by atoms with E-state index in [-0.39, 0.29) is 11.9 Å². The van der Waals surface area contributed by atoms with Gasteiger partial charge in [-0.1, -0.05) is 36.7 Å². The molecule has 1 aromatic rings. The van der Waals surface area contributed by atoms with Crippen LogP contribution in [-0.4, -0.2) is 11.9 Å². The Morgan fingerprint density at radius 2 is 2.05 bits per heavy atom. The first-order valence-electron chi connectivity index (χ1n) is 7.24. The summed E-state index contributed by atoms with van der Waals surface area (Å²) in [6, 6.07) is 5.67. The summed E-state index contributed by atoms with van der Waals surface area (Å²) in [6.45, 7) is 8.46. The van der Waals surface area contributed by atoms with Crippen molar-refractivity contribution in [2.45, 2.75) is 53.1 Å². The molecule has 1 aliphatic carbocycles. The average molecular weight is 339 g/mol. The van der Waals surface area contributed by atoms with Crippen LogP contribution in [0, 0.1) is 11.3 Å². The summed E-state index contributed by atoms with van der Waals surface area (Å²) in [6.07, 6.45) is 3.56. The highest BCUT2D eigenvalue weighted by molar-refractivity contribution is 9.10. The number of carbonyl (C=O) groups excluding carboxylic acids is 1. The number of carbonyl (C=O) groups is 1. The molecule has 1 aromatic carbocycles. The van der Waals surface area contributed by atoms with Crippen LogP contribution < -0.4 is 4.74 Å². The van der Waals surface area contributed by atoms with Crippen molar-refractivity contribution in [2.75, 3.05) is 0 Å². The van der Waals surface area contributed by atoms with E-state index in [1.165, 1.54) is 6.42 Å². The molecule has 1 fully saturated rings. The van der Waals surface area contributed by atoms with Gasteiger partial charge in [-0.05, 0) is 55.7 Å². The zero-order valence-electron chi connectivity index (χ0n) is 12.7. The first kappa shape index (κ1) is 15.6. The zero-order chi connectivity index (χ0) is 14.9. The van der Waals surface area contributed by atoms with Gasteiger partial charge in [-0.25, -0.2) is 0 Å². The molecular weight excluding hydrogens is 316 g/mol. The lowest BCUT2D eigenvalue weighted by Crippen LogP contribution is -2.34. The van der Waals surface area contributed by atoms with Gasteiger partial charge in [-0.3, -0.25) is 4.79 Å². The number of rotatable bonds is 3. The van der Waals surface area contributed by atoms with E-state index in [1.807, 2.05) is 18.2 Å². The van der Waals surface area contributed by atoms with Crippen LogP contribution in [0.15, 0.2) is 22.7 Å². The van der Waals surface area contributed by atoms with E-state index >= 15 is 0 Å². The lowest BCUT2D eigenvalue weighted by molar-refractivity contribution is 0.0554. The van der Waals surface area contributed by atoms with Crippen LogP contribution in [0.3, 0.4) is 0 Å². The molecule has 0 bridgehead atoms. The van der Waals surface area contributed by atoms with Gasteiger partial charge >= 0.3 is 0 Å². The SMILES string of the molecule is CC(=O)c1cc(Br)ccc1OC1CC(C)CC(C)(C)C1. The molecule has 2 unspecified atom stereocenters. The van der Waals surface area contributed by atoms with Gasteiger partial charge in [0.15, 0.2) is 5.78 Å². The molecule has 2 atom stereocenters. The van der Waals surface area contributed by atoms with E-state index in [9.17, 15) is 4.79 Å². The second-order valence-electron chi connectivity index (χ2n) is 6.85. The smallest absolute Gasteiger partial charge is 0.163 e. The summed E-state index contributed by atoms with van der Waals surface area (Å²) in [7, 11) is 0. The maximum Gasteiger partial charge on any atom is 0.163 e. The van der Waals surface area contributed by atoms with Crippen molar-refractivity contribution < 1.29 is 9.53 Å². The van der Waals surface area contributed by atoms with Gasteiger partial charge in [0.1, 0.15) is 5.75 Å². The molecule has 0 saturated heterocycles. The van der Waals surface area contributed by atoms with Crippen LogP contribution in [0.5, 0.6) is 5.75 Å². The zero-order valence-corrected chi connectivity index (χ0v) is 14.3. The highest BCUT2D eigenvalue weighted by atomic mass is 79.9. The molecule has 3 heteroatoms. The Bertz CT molecular complexity index is 508. The molecule has 0 aliphatic heterocycles. The van der Waals surface area contributed by atoms with Crippen LogP contribution in [0.2, 0.25) is 0 Å². The number of ketones is 1. The van der Waals surface area contributed by atoms with Gasteiger partial charge in [-0.2, -0.15) is 0 Å². The molecular formula is C17H23BrO2. The Hall–Kier alpha value is -0.830. The van der Waals surface area contributed by atoms with E-state index in [1.54, 1.807) is 6.92 Å². The third-order valence-electron chi connectivity index (χ3n) is 3.96. The molecule has 2 nitrogen and oxygen atoms in total. The third-order valence-corrected chi connectivity index (χ3v) is 4.45. The molecule has 1 aliphatic rings. The molecule has 0 aromatic heterocycles. The fourth-order valence-electron chi connectivity index (χ4n) is 3.41. The summed E-state index contributed by atoms with van der Waals surface area (Å²) in [5, 5.41) is 0. The normalized spacial score (nSPS) is 25.2. The minimum Gasteiger partial charge on any atom is -0.490 e. The van der Waals surface area contributed by atoms with Gasteiger partial charge in [-0.15, -0.1) is 0 Å². The van der Waals surface area contributed by atoms with Crippen LogP contribution in [0.25, 0.3) is 0 Å². The van der Waals surface area contributed by atoms with Gasteiger partial charge < -0.3 is 4.74 Å². The van der Waals surface area contributed by atoms with Crippen molar-refractivity contribution >= 4 is 21.7 Å². The number of benzene rings is 1. The Labute approximate surface area is 130 Å². The van der Waals surface area contributed by atoms with Crippen LogP contribution >= 0.6 is 15.9 Å². The largest absolute Gasteiger partial charge is 0.490 e. The predicted molar refractivity (Wildman–Crippen MR) is 85.4 cm³/mol. The molecule has 2 rings (SSSR count). The monoisotopic (exact) mass is 338 g/mol. The summed E-state index contributed by atoms with van der Waals surface area (Å²) < 4.78 is 7.08. The highest BCUT2D eigenvalue weighted by Gasteiger charge is 2.33. The lowest BCUT2D eigenvalue weighted by Gasteiger charge is -2.39. The lowest BCUT2D eigenvalue weighted by atomic mass is 9.71. The van der Waals surface area contributed by atoms with Crippen molar-refractivity contribution in [3.63, 3.8) is 0 Å². The molecule has 20 heavy (non-hydrogen) atoms. The molecule has 0 radical (unpaired) electrons. The second kappa shape index (κ2) is 5.88. The quantitative estimate of drug-likeness (QED) is 0.704. The summed E-state index contributed by atoms with van der Waals surface area (Å²) in [5.74, 6) is 1.43. The topological polar surface area (TPSA) is 26.3 Å². The van der Waals surface area contributed by atoms with E-state index in [0.717, 1.165) is 23.1 Å². The highest BCUT2D eigenvalue weighted by Crippen LogP contribution is 2.40. The minimum absolute atomic E-state index is 0.0458. The van der Waals surface area contributed by atoms with Crippen molar-refractivity contribution in [3.8, 4) is 5.75 Å². The van der Waals surface area contributed by atoms with E-state index in [2.05, 4.69) is 36.7 Å². The maximum atomic E-state index is 11.8. The molecule has 0 spiro atoms. The predicted octanol–water partition coefficient (Wildman–Crippen LogP) is 5.25. The van der Waals surface area contributed by atoms with Gasteiger partial charge in [0.05, 0.1) is 11.7 Å². The van der Waals surface area contributed by atoms with E-state index in [0.29, 0.717) is 16.9 Å². The number of ether oxygens (including phenoxy) is 1. The summed E-state index contributed by atoms with van der Waals surface area (Å²) in [5.41, 5.74) is 0.976. The van der Waals surface area contributed by atoms with Crippen LogP contribution in [0.4, 0.5) is 0 Å². The number of hydrogen-bond donors (Lipinski definition) is 0. The van der Waals surface area contributed by atoms with Gasteiger partial charge in [0, 0.05) is 4.47 Å². The average Bonchev–Trinajstić information content (AvgIpc) is 2.28. The van der Waals surface area contributed by atoms with Crippen molar-refractivity contribution in [1.82, 2.24) is 0 Å². The van der Waals surface area contributed by atoms with Gasteiger partial charge in [0.25, 0.3) is 0 Å². The standard InChI is InChI=1S/C17H23BrO2/c1-11-7-14(10-17(3,4)9-11)20-16-6-5-13(18)8-15(16)12(2)19/h5-6,8,11,14H,7,9-10H2,1-4H3. The number of hydrogen-bond acceptors (Lipinski definition) is 2. The Balaban J connectivity index is 2.19. The molecule has 110 valence electrons. The summed E-state index contributed by atoms with van der Waals surface area (Å²) >= 11 is 3.41. The van der Waals surface area contributed by atoms with E-state index < -0.39 is 0 Å².